The van der Waals surface area contributed by atoms with Gasteiger partial charge in [0.1, 0.15) is 0 Å². The second kappa shape index (κ2) is 4.07. The molecule has 0 aliphatic heterocycles. The zero-order valence-corrected chi connectivity index (χ0v) is 7.96. The number of aliphatic hydroxyl groups excluding tert-OH is 2. The third-order valence-electron chi connectivity index (χ3n) is 2.11. The number of rotatable bonds is 4. The number of hydrogen-bond acceptors (Lipinski definition) is 2. The van der Waals surface area contributed by atoms with E-state index in [0.29, 0.717) is 6.42 Å². The van der Waals surface area contributed by atoms with Gasteiger partial charge in [-0.3, -0.25) is 0 Å². The average Bonchev–Trinajstić information content (AvgIpc) is 1.83. The smallest absolute Gasteiger partial charge is 0.0589 e. The molecule has 0 aromatic carbocycles. The summed E-state index contributed by atoms with van der Waals surface area (Å²) in [5, 5.41) is 18.6. The van der Waals surface area contributed by atoms with E-state index in [1.54, 1.807) is 6.92 Å². The predicted molar refractivity (Wildman–Crippen MR) is 46.4 cm³/mol. The van der Waals surface area contributed by atoms with E-state index in [1.807, 2.05) is 20.8 Å². The molecular weight excluding hydrogens is 140 g/mol. The minimum atomic E-state index is -0.328. The topological polar surface area (TPSA) is 40.5 Å². The van der Waals surface area contributed by atoms with Crippen LogP contribution in [0, 0.1) is 5.41 Å². The summed E-state index contributed by atoms with van der Waals surface area (Å²) in [6.07, 6.45) is 0.769. The van der Waals surface area contributed by atoms with Crippen LogP contribution in [-0.2, 0) is 0 Å². The monoisotopic (exact) mass is 160 g/mol. The van der Waals surface area contributed by atoms with Crippen LogP contribution < -0.4 is 0 Å². The fraction of sp³-hybridized carbons (Fsp3) is 1.00. The van der Waals surface area contributed by atoms with Crippen LogP contribution in [0.25, 0.3) is 0 Å². The molecular formula is C9H20O2. The van der Waals surface area contributed by atoms with Gasteiger partial charge in [-0.25, -0.2) is 0 Å². The van der Waals surface area contributed by atoms with Crippen molar-refractivity contribution in [3.63, 3.8) is 0 Å². The zero-order valence-electron chi connectivity index (χ0n) is 7.96. The first-order valence-corrected chi connectivity index (χ1v) is 4.26. The first kappa shape index (κ1) is 10.9. The third-order valence-corrected chi connectivity index (χ3v) is 2.11. The van der Waals surface area contributed by atoms with Crippen LogP contribution in [0.5, 0.6) is 0 Å². The summed E-state index contributed by atoms with van der Waals surface area (Å²) >= 11 is 0. The summed E-state index contributed by atoms with van der Waals surface area (Å²) in [7, 11) is 0. The van der Waals surface area contributed by atoms with Crippen molar-refractivity contribution in [2.75, 3.05) is 0 Å². The molecule has 0 saturated heterocycles. The molecule has 2 unspecified atom stereocenters. The van der Waals surface area contributed by atoms with E-state index < -0.39 is 0 Å². The minimum absolute atomic E-state index is 0.164. The molecule has 2 atom stereocenters. The maximum Gasteiger partial charge on any atom is 0.0589 e. The maximum absolute atomic E-state index is 9.52. The van der Waals surface area contributed by atoms with Crippen LogP contribution in [0.15, 0.2) is 0 Å². The van der Waals surface area contributed by atoms with Crippen LogP contribution in [0.1, 0.15) is 40.5 Å². The van der Waals surface area contributed by atoms with Gasteiger partial charge >= 0.3 is 0 Å². The highest BCUT2D eigenvalue weighted by atomic mass is 16.3. The Bertz CT molecular complexity index is 108. The van der Waals surface area contributed by atoms with Gasteiger partial charge in [-0.1, -0.05) is 20.8 Å². The van der Waals surface area contributed by atoms with Crippen LogP contribution >= 0.6 is 0 Å². The van der Waals surface area contributed by atoms with Crippen molar-refractivity contribution in [1.29, 1.82) is 0 Å². The fourth-order valence-corrected chi connectivity index (χ4v) is 1.45. The molecule has 0 bridgehead atoms. The molecule has 0 fully saturated rings. The van der Waals surface area contributed by atoms with E-state index in [9.17, 15) is 5.11 Å². The highest BCUT2D eigenvalue weighted by molar-refractivity contribution is 4.78. The van der Waals surface area contributed by atoms with E-state index >= 15 is 0 Å². The Morgan fingerprint density at radius 3 is 2.00 bits per heavy atom. The van der Waals surface area contributed by atoms with E-state index in [2.05, 4.69) is 0 Å². The molecule has 0 heterocycles. The Morgan fingerprint density at radius 2 is 1.73 bits per heavy atom. The molecule has 0 aliphatic carbocycles. The van der Waals surface area contributed by atoms with Gasteiger partial charge in [-0.15, -0.1) is 0 Å². The highest BCUT2D eigenvalue weighted by Gasteiger charge is 2.27. The predicted octanol–water partition coefficient (Wildman–Crippen LogP) is 1.55. The summed E-state index contributed by atoms with van der Waals surface area (Å²) in [5.41, 5.74) is -0.164. The molecule has 0 aromatic rings. The quantitative estimate of drug-likeness (QED) is 0.655. The van der Waals surface area contributed by atoms with Crippen molar-refractivity contribution in [3.05, 3.63) is 0 Å². The van der Waals surface area contributed by atoms with Gasteiger partial charge in [0.05, 0.1) is 12.2 Å². The Balaban J connectivity index is 3.98. The van der Waals surface area contributed by atoms with Gasteiger partial charge in [-0.2, -0.15) is 0 Å². The fourth-order valence-electron chi connectivity index (χ4n) is 1.45. The van der Waals surface area contributed by atoms with E-state index in [4.69, 9.17) is 5.11 Å². The van der Waals surface area contributed by atoms with Gasteiger partial charge < -0.3 is 10.2 Å². The summed E-state index contributed by atoms with van der Waals surface area (Å²) in [6.45, 7) is 7.67. The molecule has 0 spiro atoms. The summed E-state index contributed by atoms with van der Waals surface area (Å²) < 4.78 is 0. The van der Waals surface area contributed by atoms with E-state index in [1.165, 1.54) is 0 Å². The molecule has 0 aliphatic rings. The molecule has 11 heavy (non-hydrogen) atoms. The van der Waals surface area contributed by atoms with E-state index in [-0.39, 0.29) is 17.6 Å². The number of aliphatic hydroxyl groups is 2. The first-order chi connectivity index (χ1) is 4.90. The Labute approximate surface area is 69.2 Å². The van der Waals surface area contributed by atoms with Crippen LogP contribution in [-0.4, -0.2) is 22.4 Å². The van der Waals surface area contributed by atoms with Crippen molar-refractivity contribution in [3.8, 4) is 0 Å². The van der Waals surface area contributed by atoms with E-state index in [0.717, 1.165) is 6.42 Å². The molecule has 68 valence electrons. The van der Waals surface area contributed by atoms with Crippen LogP contribution in [0.2, 0.25) is 0 Å². The average molecular weight is 160 g/mol. The van der Waals surface area contributed by atoms with Crippen molar-refractivity contribution in [2.45, 2.75) is 52.7 Å². The summed E-state index contributed by atoms with van der Waals surface area (Å²) in [5.74, 6) is 0. The first-order valence-electron chi connectivity index (χ1n) is 4.26. The lowest BCUT2D eigenvalue weighted by molar-refractivity contribution is 0.0110. The van der Waals surface area contributed by atoms with Gasteiger partial charge in [-0.05, 0) is 25.2 Å². The Morgan fingerprint density at radius 1 is 1.27 bits per heavy atom. The zero-order chi connectivity index (χ0) is 9.07. The second-order valence-electron chi connectivity index (χ2n) is 3.97. The molecule has 2 N–H and O–H groups in total. The molecule has 0 radical (unpaired) electrons. The lowest BCUT2D eigenvalue weighted by Crippen LogP contribution is -2.31. The third kappa shape index (κ3) is 3.73. The summed E-state index contributed by atoms with van der Waals surface area (Å²) in [6, 6.07) is 0. The van der Waals surface area contributed by atoms with Crippen molar-refractivity contribution in [2.24, 2.45) is 5.41 Å². The molecule has 0 saturated carbocycles. The van der Waals surface area contributed by atoms with Crippen molar-refractivity contribution >= 4 is 0 Å². The highest BCUT2D eigenvalue weighted by Crippen LogP contribution is 2.28. The van der Waals surface area contributed by atoms with Crippen LogP contribution in [0.4, 0.5) is 0 Å². The normalized spacial score (nSPS) is 18.0. The molecule has 0 rings (SSSR count). The largest absolute Gasteiger partial charge is 0.393 e. The summed E-state index contributed by atoms with van der Waals surface area (Å²) in [4.78, 5) is 0. The van der Waals surface area contributed by atoms with Gasteiger partial charge in [0.2, 0.25) is 0 Å². The number of hydrogen-bond donors (Lipinski definition) is 2. The van der Waals surface area contributed by atoms with Crippen molar-refractivity contribution < 1.29 is 10.2 Å². The van der Waals surface area contributed by atoms with Crippen molar-refractivity contribution in [1.82, 2.24) is 0 Å². The van der Waals surface area contributed by atoms with Gasteiger partial charge in [0.25, 0.3) is 0 Å². The SMILES string of the molecule is CCC(O)C(C)(C)CC(C)O. The molecule has 2 nitrogen and oxygen atoms in total. The maximum atomic E-state index is 9.52. The van der Waals surface area contributed by atoms with Crippen LogP contribution in [0.3, 0.4) is 0 Å². The standard InChI is InChI=1S/C9H20O2/c1-5-8(11)9(3,4)6-7(2)10/h7-8,10-11H,5-6H2,1-4H3. The minimum Gasteiger partial charge on any atom is -0.393 e. The lowest BCUT2D eigenvalue weighted by atomic mass is 9.80. The van der Waals surface area contributed by atoms with Gasteiger partial charge in [0.15, 0.2) is 0 Å². The second-order valence-corrected chi connectivity index (χ2v) is 3.97. The van der Waals surface area contributed by atoms with Gasteiger partial charge in [0, 0.05) is 0 Å². The Hall–Kier alpha value is -0.0800. The molecule has 0 amide bonds. The molecule has 0 aromatic heterocycles. The Kier molecular flexibility index (Phi) is 4.04. The lowest BCUT2D eigenvalue weighted by Gasteiger charge is -2.30. The molecule has 2 heteroatoms.